The van der Waals surface area contributed by atoms with Crippen molar-refractivity contribution in [2.75, 3.05) is 26.9 Å². The van der Waals surface area contributed by atoms with Crippen LogP contribution in [-0.4, -0.2) is 37.6 Å². The van der Waals surface area contributed by atoms with Crippen molar-refractivity contribution in [2.24, 2.45) is 5.92 Å². The molecule has 0 aromatic rings. The number of ketones is 1. The van der Waals surface area contributed by atoms with E-state index in [1.165, 1.54) is 0 Å². The Kier molecular flexibility index (Phi) is 2.40. The maximum atomic E-state index is 10.7. The van der Waals surface area contributed by atoms with Gasteiger partial charge in [0.15, 0.2) is 0 Å². The summed E-state index contributed by atoms with van der Waals surface area (Å²) in [6.45, 7) is 4.06. The van der Waals surface area contributed by atoms with Crippen LogP contribution in [0.5, 0.6) is 0 Å². The van der Waals surface area contributed by atoms with Crippen LogP contribution in [0.4, 0.5) is 0 Å². The number of nitrogens with zero attached hydrogens (tertiary/aromatic N) is 1. The first kappa shape index (κ1) is 7.69. The molecule has 0 saturated carbocycles. The molecule has 1 aliphatic rings. The fourth-order valence-corrected chi connectivity index (χ4v) is 1.11. The topological polar surface area (TPSA) is 29.5 Å². The van der Waals surface area contributed by atoms with E-state index in [-0.39, 0.29) is 5.92 Å². The Balaban J connectivity index is 2.12. The van der Waals surface area contributed by atoms with Crippen LogP contribution in [-0.2, 0) is 9.53 Å². The van der Waals surface area contributed by atoms with E-state index in [0.29, 0.717) is 12.5 Å². The van der Waals surface area contributed by atoms with Crippen molar-refractivity contribution in [3.05, 3.63) is 0 Å². The number of carbonyl (C=O) groups is 1. The lowest BCUT2D eigenvalue weighted by atomic mass is 9.97. The quantitative estimate of drug-likeness (QED) is 0.561. The van der Waals surface area contributed by atoms with Crippen molar-refractivity contribution in [1.29, 1.82) is 0 Å². The van der Waals surface area contributed by atoms with Gasteiger partial charge in [-0.3, -0.25) is 9.69 Å². The van der Waals surface area contributed by atoms with Crippen LogP contribution in [0.15, 0.2) is 0 Å². The Hall–Kier alpha value is -0.410. The lowest BCUT2D eigenvalue weighted by Gasteiger charge is -2.36. The third kappa shape index (κ3) is 1.55. The number of methoxy groups -OCH3 is 1. The molecule has 0 N–H and O–H groups in total. The second kappa shape index (κ2) is 3.12. The van der Waals surface area contributed by atoms with Crippen LogP contribution < -0.4 is 0 Å². The summed E-state index contributed by atoms with van der Waals surface area (Å²) in [5.41, 5.74) is 0. The Morgan fingerprint density at radius 1 is 1.70 bits per heavy atom. The predicted molar refractivity (Wildman–Crippen MR) is 37.6 cm³/mol. The van der Waals surface area contributed by atoms with Gasteiger partial charge in [0.2, 0.25) is 0 Å². The van der Waals surface area contributed by atoms with Crippen molar-refractivity contribution in [2.45, 2.75) is 6.92 Å². The van der Waals surface area contributed by atoms with Gasteiger partial charge in [-0.25, -0.2) is 0 Å². The standard InChI is InChI=1S/C7H13NO2/c1-6(9)7-3-8(4-7)5-10-2/h7H,3-5H2,1-2H3. The molecule has 1 fully saturated rings. The zero-order valence-electron chi connectivity index (χ0n) is 6.46. The van der Waals surface area contributed by atoms with Crippen molar-refractivity contribution in [3.63, 3.8) is 0 Å². The monoisotopic (exact) mass is 143 g/mol. The molecule has 0 bridgehead atoms. The maximum absolute atomic E-state index is 10.7. The Morgan fingerprint density at radius 2 is 2.30 bits per heavy atom. The van der Waals surface area contributed by atoms with E-state index in [4.69, 9.17) is 4.74 Å². The Morgan fingerprint density at radius 3 is 2.70 bits per heavy atom. The zero-order valence-corrected chi connectivity index (χ0v) is 6.46. The second-order valence-electron chi connectivity index (χ2n) is 2.76. The minimum Gasteiger partial charge on any atom is -0.369 e. The largest absolute Gasteiger partial charge is 0.369 e. The summed E-state index contributed by atoms with van der Waals surface area (Å²) in [5.74, 6) is 0.572. The van der Waals surface area contributed by atoms with Gasteiger partial charge >= 0.3 is 0 Å². The lowest BCUT2D eigenvalue weighted by Crippen LogP contribution is -2.50. The SMILES string of the molecule is COCN1CC(C(C)=O)C1. The summed E-state index contributed by atoms with van der Waals surface area (Å²) < 4.78 is 4.89. The van der Waals surface area contributed by atoms with E-state index >= 15 is 0 Å². The van der Waals surface area contributed by atoms with Crippen LogP contribution in [0.1, 0.15) is 6.92 Å². The predicted octanol–water partition coefficient (Wildman–Crippen LogP) is 0.111. The fraction of sp³-hybridized carbons (Fsp3) is 0.857. The van der Waals surface area contributed by atoms with E-state index in [1.54, 1.807) is 14.0 Å². The molecule has 0 unspecified atom stereocenters. The minimum absolute atomic E-state index is 0.273. The first-order valence-corrected chi connectivity index (χ1v) is 3.45. The molecule has 1 rings (SSSR count). The number of Topliss-reactive ketones (excluding diaryl/α,β-unsaturated/α-hetero) is 1. The van der Waals surface area contributed by atoms with E-state index in [2.05, 4.69) is 4.90 Å². The van der Waals surface area contributed by atoms with Gasteiger partial charge in [-0.1, -0.05) is 0 Å². The third-order valence-electron chi connectivity index (χ3n) is 1.84. The molecule has 3 heteroatoms. The zero-order chi connectivity index (χ0) is 7.56. The molecule has 10 heavy (non-hydrogen) atoms. The number of likely N-dealkylation sites (tertiary alicyclic amines) is 1. The summed E-state index contributed by atoms with van der Waals surface area (Å²) in [4.78, 5) is 12.8. The van der Waals surface area contributed by atoms with Crippen molar-refractivity contribution >= 4 is 5.78 Å². The highest BCUT2D eigenvalue weighted by molar-refractivity contribution is 5.79. The highest BCUT2D eigenvalue weighted by Gasteiger charge is 2.29. The molecule has 0 aromatic heterocycles. The molecular formula is C7H13NO2. The number of hydrogen-bond acceptors (Lipinski definition) is 3. The van der Waals surface area contributed by atoms with Gasteiger partial charge in [0.25, 0.3) is 0 Å². The van der Waals surface area contributed by atoms with E-state index < -0.39 is 0 Å². The molecular weight excluding hydrogens is 130 g/mol. The molecule has 0 radical (unpaired) electrons. The highest BCUT2D eigenvalue weighted by atomic mass is 16.5. The molecule has 0 amide bonds. The summed E-state index contributed by atoms with van der Waals surface area (Å²) in [5, 5.41) is 0. The van der Waals surface area contributed by atoms with Crippen LogP contribution in [0.3, 0.4) is 0 Å². The molecule has 58 valence electrons. The second-order valence-corrected chi connectivity index (χ2v) is 2.76. The Bertz CT molecular complexity index is 130. The Labute approximate surface area is 61.0 Å². The van der Waals surface area contributed by atoms with Gasteiger partial charge in [-0.2, -0.15) is 0 Å². The molecule has 0 aliphatic carbocycles. The number of rotatable bonds is 3. The first-order chi connectivity index (χ1) is 4.74. The molecule has 3 nitrogen and oxygen atoms in total. The van der Waals surface area contributed by atoms with E-state index in [1.807, 2.05) is 0 Å². The van der Waals surface area contributed by atoms with Crippen molar-refractivity contribution in [1.82, 2.24) is 4.90 Å². The molecule has 0 atom stereocenters. The van der Waals surface area contributed by atoms with Crippen LogP contribution in [0.25, 0.3) is 0 Å². The summed E-state index contributed by atoms with van der Waals surface area (Å²) in [7, 11) is 1.67. The van der Waals surface area contributed by atoms with Gasteiger partial charge < -0.3 is 4.74 Å². The van der Waals surface area contributed by atoms with E-state index in [0.717, 1.165) is 13.1 Å². The number of carbonyl (C=O) groups excluding carboxylic acids is 1. The number of ether oxygens (including phenoxy) is 1. The summed E-state index contributed by atoms with van der Waals surface area (Å²) in [6, 6.07) is 0. The highest BCUT2D eigenvalue weighted by Crippen LogP contribution is 2.14. The van der Waals surface area contributed by atoms with Gasteiger partial charge in [0.05, 0.1) is 6.73 Å². The van der Waals surface area contributed by atoms with Gasteiger partial charge in [-0.05, 0) is 6.92 Å². The van der Waals surface area contributed by atoms with Crippen LogP contribution >= 0.6 is 0 Å². The third-order valence-corrected chi connectivity index (χ3v) is 1.84. The summed E-state index contributed by atoms with van der Waals surface area (Å²) in [6.07, 6.45) is 0. The van der Waals surface area contributed by atoms with Crippen molar-refractivity contribution < 1.29 is 9.53 Å². The van der Waals surface area contributed by atoms with E-state index in [9.17, 15) is 4.79 Å². The fourth-order valence-electron chi connectivity index (χ4n) is 1.11. The van der Waals surface area contributed by atoms with Crippen LogP contribution in [0.2, 0.25) is 0 Å². The molecule has 1 aliphatic heterocycles. The molecule has 1 saturated heterocycles. The minimum atomic E-state index is 0.273. The molecule has 1 heterocycles. The lowest BCUT2D eigenvalue weighted by molar-refractivity contribution is -0.128. The molecule has 0 aromatic carbocycles. The average molecular weight is 143 g/mol. The van der Waals surface area contributed by atoms with Gasteiger partial charge in [0, 0.05) is 26.1 Å². The smallest absolute Gasteiger partial charge is 0.135 e. The molecule has 0 spiro atoms. The maximum Gasteiger partial charge on any atom is 0.135 e. The van der Waals surface area contributed by atoms with Crippen LogP contribution in [0, 0.1) is 5.92 Å². The first-order valence-electron chi connectivity index (χ1n) is 3.45. The normalized spacial score (nSPS) is 20.6. The van der Waals surface area contributed by atoms with Gasteiger partial charge in [-0.15, -0.1) is 0 Å². The van der Waals surface area contributed by atoms with Gasteiger partial charge in [0.1, 0.15) is 5.78 Å². The summed E-state index contributed by atoms with van der Waals surface area (Å²) >= 11 is 0. The number of hydrogen-bond donors (Lipinski definition) is 0. The average Bonchev–Trinajstić information content (AvgIpc) is 1.76. The van der Waals surface area contributed by atoms with Crippen molar-refractivity contribution in [3.8, 4) is 0 Å².